The lowest BCUT2D eigenvalue weighted by Gasteiger charge is -2.53. The van der Waals surface area contributed by atoms with E-state index in [1.807, 2.05) is 19.1 Å². The standard InChI is InChI=1S/C19H23N5O2.2C2HF3O2/c1-14-2-3-17(23-22-14)24-12-19(13-24)7-4-15(11-26-19)10-21-18(25)16-5-8-20-9-6-16;2*3-2(4,5)1(6)7/h2-3,5-6,8-9,15H,4,7,10-13H2,1H3,(H,21,25);2*(H,6,7). The van der Waals surface area contributed by atoms with Crippen LogP contribution in [0.2, 0.25) is 0 Å². The van der Waals surface area contributed by atoms with E-state index in [-0.39, 0.29) is 11.5 Å². The quantitative estimate of drug-likeness (QED) is 0.459. The molecule has 0 saturated carbocycles. The maximum atomic E-state index is 12.1. The average Bonchev–Trinajstić information content (AvgIpc) is 2.87. The Balaban J connectivity index is 0.000000333. The number of aryl methyl sites for hydroxylation is 1. The third kappa shape index (κ3) is 9.94. The van der Waals surface area contributed by atoms with Crippen molar-refractivity contribution in [2.75, 3.05) is 31.1 Å². The van der Waals surface area contributed by atoms with Crippen LogP contribution in [0.15, 0.2) is 36.7 Å². The Morgan fingerprint density at radius 3 is 1.98 bits per heavy atom. The molecular formula is C23H25F6N5O6. The number of anilines is 1. The minimum Gasteiger partial charge on any atom is -0.475 e. The fourth-order valence-electron chi connectivity index (χ4n) is 3.54. The Hall–Kier alpha value is -4.02. The van der Waals surface area contributed by atoms with Gasteiger partial charge in [0.1, 0.15) is 5.60 Å². The van der Waals surface area contributed by atoms with Crippen molar-refractivity contribution in [1.29, 1.82) is 0 Å². The molecule has 17 heteroatoms. The third-order valence-corrected chi connectivity index (χ3v) is 5.68. The summed E-state index contributed by atoms with van der Waals surface area (Å²) in [4.78, 5) is 36.0. The highest BCUT2D eigenvalue weighted by Crippen LogP contribution is 2.37. The van der Waals surface area contributed by atoms with Crippen molar-refractivity contribution in [2.45, 2.75) is 37.7 Å². The molecule has 0 bridgehead atoms. The summed E-state index contributed by atoms with van der Waals surface area (Å²) >= 11 is 0. The molecule has 1 atom stereocenters. The fourth-order valence-corrected chi connectivity index (χ4v) is 3.54. The molecule has 0 radical (unpaired) electrons. The largest absolute Gasteiger partial charge is 0.490 e. The minimum atomic E-state index is -5.08. The summed E-state index contributed by atoms with van der Waals surface area (Å²) < 4.78 is 69.6. The Bertz CT molecular complexity index is 1110. The molecule has 3 N–H and O–H groups in total. The number of carboxylic acids is 2. The number of carbonyl (C=O) groups excluding carboxylic acids is 1. The molecule has 220 valence electrons. The monoisotopic (exact) mass is 581 g/mol. The maximum absolute atomic E-state index is 12.1. The second-order valence-electron chi connectivity index (χ2n) is 8.84. The second kappa shape index (κ2) is 13.4. The van der Waals surface area contributed by atoms with E-state index in [9.17, 15) is 31.1 Å². The summed E-state index contributed by atoms with van der Waals surface area (Å²) in [5.74, 6) is -4.29. The Labute approximate surface area is 223 Å². The number of ether oxygens (including phenoxy) is 1. The van der Waals surface area contributed by atoms with Crippen LogP contribution < -0.4 is 10.2 Å². The highest BCUT2D eigenvalue weighted by atomic mass is 19.4. The van der Waals surface area contributed by atoms with Crippen LogP contribution >= 0.6 is 0 Å². The van der Waals surface area contributed by atoms with Gasteiger partial charge < -0.3 is 25.2 Å². The van der Waals surface area contributed by atoms with E-state index >= 15 is 0 Å². The number of pyridine rings is 1. The van der Waals surface area contributed by atoms with Crippen molar-refractivity contribution < 1.29 is 55.7 Å². The molecule has 2 saturated heterocycles. The molecule has 1 amide bonds. The number of hydrogen-bond donors (Lipinski definition) is 3. The van der Waals surface area contributed by atoms with Gasteiger partial charge in [-0.1, -0.05) is 0 Å². The zero-order valence-corrected chi connectivity index (χ0v) is 20.9. The summed E-state index contributed by atoms with van der Waals surface area (Å²) in [6.45, 7) is 4.99. The van der Waals surface area contributed by atoms with Crippen molar-refractivity contribution >= 4 is 23.7 Å². The average molecular weight is 581 g/mol. The van der Waals surface area contributed by atoms with Crippen molar-refractivity contribution in [1.82, 2.24) is 20.5 Å². The number of halogens is 6. The lowest BCUT2D eigenvalue weighted by atomic mass is 9.83. The van der Waals surface area contributed by atoms with Gasteiger partial charge in [0.15, 0.2) is 5.82 Å². The Morgan fingerprint density at radius 2 is 1.55 bits per heavy atom. The lowest BCUT2D eigenvalue weighted by molar-refractivity contribution is -0.193. The van der Waals surface area contributed by atoms with Gasteiger partial charge in [0, 0.05) is 24.5 Å². The molecule has 40 heavy (non-hydrogen) atoms. The van der Waals surface area contributed by atoms with Gasteiger partial charge in [-0.05, 0) is 49.9 Å². The molecule has 4 heterocycles. The summed E-state index contributed by atoms with van der Waals surface area (Å²) in [6, 6.07) is 7.43. The summed E-state index contributed by atoms with van der Waals surface area (Å²) in [5.41, 5.74) is 1.51. The van der Waals surface area contributed by atoms with Crippen LogP contribution in [-0.2, 0) is 14.3 Å². The normalized spacial score (nSPS) is 17.8. The number of hydrogen-bond acceptors (Lipinski definition) is 8. The van der Waals surface area contributed by atoms with Gasteiger partial charge in [-0.25, -0.2) is 9.59 Å². The molecule has 2 aromatic heterocycles. The molecule has 2 aromatic rings. The van der Waals surface area contributed by atoms with E-state index in [4.69, 9.17) is 24.5 Å². The van der Waals surface area contributed by atoms with Crippen LogP contribution in [0.4, 0.5) is 32.2 Å². The first-order chi connectivity index (χ1) is 18.5. The number of alkyl halides is 6. The summed E-state index contributed by atoms with van der Waals surface area (Å²) in [5, 5.41) is 25.6. The SMILES string of the molecule is Cc1ccc(N2CC3(CCC(CNC(=O)c4ccncc4)CO3)C2)nn1.O=C(O)C(F)(F)F.O=C(O)C(F)(F)F. The number of nitrogens with one attached hydrogen (secondary N) is 1. The first kappa shape index (κ1) is 32.2. The van der Waals surface area contributed by atoms with E-state index in [2.05, 4.69) is 25.4 Å². The molecule has 2 aliphatic heterocycles. The Kier molecular flexibility index (Phi) is 10.8. The number of carboxylic acid groups (broad SMARTS) is 2. The van der Waals surface area contributed by atoms with Crippen molar-refractivity contribution in [3.8, 4) is 0 Å². The van der Waals surface area contributed by atoms with Crippen LogP contribution in [0.5, 0.6) is 0 Å². The van der Waals surface area contributed by atoms with Gasteiger partial charge in [0.2, 0.25) is 0 Å². The number of amides is 1. The summed E-state index contributed by atoms with van der Waals surface area (Å²) in [6.07, 6.45) is -4.84. The van der Waals surface area contributed by atoms with Crippen molar-refractivity contribution in [3.63, 3.8) is 0 Å². The number of aromatic nitrogens is 3. The molecule has 4 rings (SSSR count). The van der Waals surface area contributed by atoms with Crippen LogP contribution in [0.3, 0.4) is 0 Å². The fraction of sp³-hybridized carbons (Fsp3) is 0.478. The van der Waals surface area contributed by atoms with Crippen LogP contribution in [-0.4, -0.2) is 87.4 Å². The molecule has 2 aliphatic rings. The first-order valence-corrected chi connectivity index (χ1v) is 11.5. The Morgan fingerprint density at radius 1 is 1.00 bits per heavy atom. The second-order valence-corrected chi connectivity index (χ2v) is 8.84. The summed E-state index contributed by atoms with van der Waals surface area (Å²) in [7, 11) is 0. The van der Waals surface area contributed by atoms with Gasteiger partial charge in [0.05, 0.1) is 25.4 Å². The molecule has 0 aliphatic carbocycles. The molecule has 0 aromatic carbocycles. The van der Waals surface area contributed by atoms with Gasteiger partial charge in [-0.15, -0.1) is 5.10 Å². The van der Waals surface area contributed by atoms with Crippen LogP contribution in [0.1, 0.15) is 28.9 Å². The number of carbonyl (C=O) groups is 3. The van der Waals surface area contributed by atoms with E-state index < -0.39 is 24.3 Å². The highest BCUT2D eigenvalue weighted by molar-refractivity contribution is 5.93. The zero-order valence-electron chi connectivity index (χ0n) is 20.9. The van der Waals surface area contributed by atoms with E-state index in [1.165, 1.54) is 0 Å². The topological polar surface area (TPSA) is 155 Å². The molecule has 1 unspecified atom stereocenters. The molecular weight excluding hydrogens is 556 g/mol. The van der Waals surface area contributed by atoms with Gasteiger partial charge >= 0.3 is 24.3 Å². The van der Waals surface area contributed by atoms with E-state index in [0.717, 1.165) is 37.4 Å². The smallest absolute Gasteiger partial charge is 0.475 e. The van der Waals surface area contributed by atoms with Crippen LogP contribution in [0.25, 0.3) is 0 Å². The van der Waals surface area contributed by atoms with Gasteiger partial charge in [-0.3, -0.25) is 9.78 Å². The molecule has 2 fully saturated rings. The maximum Gasteiger partial charge on any atom is 0.490 e. The number of nitrogens with zero attached hydrogens (tertiary/aromatic N) is 4. The molecule has 11 nitrogen and oxygen atoms in total. The number of rotatable bonds is 4. The highest BCUT2D eigenvalue weighted by Gasteiger charge is 2.47. The van der Waals surface area contributed by atoms with Crippen molar-refractivity contribution in [2.24, 2.45) is 5.92 Å². The van der Waals surface area contributed by atoms with Crippen LogP contribution in [0, 0.1) is 12.8 Å². The lowest BCUT2D eigenvalue weighted by Crippen LogP contribution is -2.65. The van der Waals surface area contributed by atoms with E-state index in [1.54, 1.807) is 24.5 Å². The first-order valence-electron chi connectivity index (χ1n) is 11.5. The van der Waals surface area contributed by atoms with Gasteiger partial charge in [-0.2, -0.15) is 31.4 Å². The van der Waals surface area contributed by atoms with Crippen molar-refractivity contribution in [3.05, 3.63) is 47.9 Å². The zero-order chi connectivity index (χ0) is 30.1. The van der Waals surface area contributed by atoms with E-state index in [0.29, 0.717) is 24.6 Å². The third-order valence-electron chi connectivity index (χ3n) is 5.68. The van der Waals surface area contributed by atoms with Gasteiger partial charge in [0.25, 0.3) is 5.91 Å². The number of aliphatic carboxylic acids is 2. The molecule has 1 spiro atoms. The predicted octanol–water partition coefficient (Wildman–Crippen LogP) is 2.86. The predicted molar refractivity (Wildman–Crippen MR) is 124 cm³/mol. The minimum absolute atomic E-state index is 0.0551.